The van der Waals surface area contributed by atoms with Gasteiger partial charge in [0.05, 0.1) is 12.2 Å². The van der Waals surface area contributed by atoms with Crippen molar-refractivity contribution in [1.29, 1.82) is 0 Å². The highest BCUT2D eigenvalue weighted by molar-refractivity contribution is 5.27. The van der Waals surface area contributed by atoms with Crippen LogP contribution in [-0.4, -0.2) is 15.3 Å². The molecule has 2 aromatic rings. The van der Waals surface area contributed by atoms with E-state index in [0.717, 1.165) is 23.4 Å². The lowest BCUT2D eigenvalue weighted by molar-refractivity contribution is 0.423. The molecule has 3 nitrogen and oxygen atoms in total. The van der Waals surface area contributed by atoms with Crippen LogP contribution in [0.15, 0.2) is 24.4 Å². The summed E-state index contributed by atoms with van der Waals surface area (Å²) in [4.78, 5) is 0. The largest absolute Gasteiger partial charge is 0.308 e. The molecule has 4 heteroatoms. The molecule has 0 saturated heterocycles. The molecular formula is C17H24FN3. The summed E-state index contributed by atoms with van der Waals surface area (Å²) in [5.41, 5.74) is 4.37. The van der Waals surface area contributed by atoms with E-state index in [-0.39, 0.29) is 11.4 Å². The highest BCUT2D eigenvalue weighted by atomic mass is 19.1. The first-order valence-corrected chi connectivity index (χ1v) is 7.27. The van der Waals surface area contributed by atoms with Crippen LogP contribution in [0.25, 0.3) is 0 Å². The summed E-state index contributed by atoms with van der Waals surface area (Å²) in [6, 6.07) is 4.89. The molecule has 1 aromatic heterocycles. The number of nitrogens with one attached hydrogen (secondary N) is 1. The van der Waals surface area contributed by atoms with Crippen LogP contribution in [-0.2, 0) is 13.1 Å². The molecule has 0 spiro atoms. The van der Waals surface area contributed by atoms with Gasteiger partial charge in [0.25, 0.3) is 0 Å². The molecule has 0 aliphatic carbocycles. The molecule has 2 rings (SSSR count). The number of aromatic nitrogens is 2. The lowest BCUT2D eigenvalue weighted by atomic mass is 10.1. The molecule has 114 valence electrons. The summed E-state index contributed by atoms with van der Waals surface area (Å²) in [5.74, 6) is -0.192. The molecule has 0 aliphatic heterocycles. The van der Waals surface area contributed by atoms with Crippen molar-refractivity contribution in [1.82, 2.24) is 15.1 Å². The molecule has 0 unspecified atom stereocenters. The van der Waals surface area contributed by atoms with Gasteiger partial charge in [0.1, 0.15) is 5.82 Å². The topological polar surface area (TPSA) is 29.9 Å². The summed E-state index contributed by atoms with van der Waals surface area (Å²) in [6.45, 7) is 11.9. The second-order valence-corrected chi connectivity index (χ2v) is 6.61. The minimum absolute atomic E-state index is 0.0854. The molecule has 21 heavy (non-hydrogen) atoms. The Bertz CT molecular complexity index is 623. The SMILES string of the molecule is Cc1cc(F)ccc1Cn1cc(CNC(C)(C)C)c(C)n1. The van der Waals surface area contributed by atoms with Crippen molar-refractivity contribution in [3.05, 3.63) is 52.6 Å². The van der Waals surface area contributed by atoms with E-state index in [0.29, 0.717) is 6.54 Å². The highest BCUT2D eigenvalue weighted by Gasteiger charge is 2.12. The average Bonchev–Trinajstić information content (AvgIpc) is 2.70. The quantitative estimate of drug-likeness (QED) is 0.932. The van der Waals surface area contributed by atoms with Crippen molar-refractivity contribution in [3.8, 4) is 0 Å². The van der Waals surface area contributed by atoms with Gasteiger partial charge in [-0.1, -0.05) is 6.07 Å². The minimum atomic E-state index is -0.192. The molecular weight excluding hydrogens is 265 g/mol. The summed E-state index contributed by atoms with van der Waals surface area (Å²) in [5, 5.41) is 8.03. The average molecular weight is 289 g/mol. The Morgan fingerprint density at radius 3 is 2.52 bits per heavy atom. The monoisotopic (exact) mass is 289 g/mol. The lowest BCUT2D eigenvalue weighted by Gasteiger charge is -2.20. The zero-order valence-corrected chi connectivity index (χ0v) is 13.5. The number of halogens is 1. The number of benzene rings is 1. The van der Waals surface area contributed by atoms with Gasteiger partial charge in [-0.25, -0.2) is 4.39 Å². The number of rotatable bonds is 4. The maximum Gasteiger partial charge on any atom is 0.123 e. The fourth-order valence-corrected chi connectivity index (χ4v) is 2.19. The van der Waals surface area contributed by atoms with E-state index in [9.17, 15) is 4.39 Å². The number of hydrogen-bond acceptors (Lipinski definition) is 2. The fraction of sp³-hybridized carbons (Fsp3) is 0.471. The molecule has 0 amide bonds. The van der Waals surface area contributed by atoms with Gasteiger partial charge in [0.2, 0.25) is 0 Å². The van der Waals surface area contributed by atoms with E-state index in [1.54, 1.807) is 6.07 Å². The van der Waals surface area contributed by atoms with E-state index in [1.165, 1.54) is 11.6 Å². The van der Waals surface area contributed by atoms with Crippen molar-refractivity contribution in [3.63, 3.8) is 0 Å². The minimum Gasteiger partial charge on any atom is -0.308 e. The standard InChI is InChI=1S/C17H24FN3/c1-12-8-16(18)7-6-14(12)10-21-11-15(13(2)20-21)9-19-17(3,4)5/h6-8,11,19H,9-10H2,1-5H3. The number of hydrogen-bond donors (Lipinski definition) is 1. The second-order valence-electron chi connectivity index (χ2n) is 6.61. The van der Waals surface area contributed by atoms with Crippen LogP contribution in [0.1, 0.15) is 43.2 Å². The Morgan fingerprint density at radius 2 is 1.90 bits per heavy atom. The molecule has 0 fully saturated rings. The van der Waals surface area contributed by atoms with Crippen LogP contribution < -0.4 is 5.32 Å². The normalized spacial score (nSPS) is 11.9. The summed E-state index contributed by atoms with van der Waals surface area (Å²) in [7, 11) is 0. The van der Waals surface area contributed by atoms with Gasteiger partial charge in [-0.05, 0) is 57.9 Å². The predicted octanol–water partition coefficient (Wildman–Crippen LogP) is 3.58. The third-order valence-corrected chi connectivity index (χ3v) is 3.49. The van der Waals surface area contributed by atoms with Gasteiger partial charge in [-0.2, -0.15) is 5.10 Å². The van der Waals surface area contributed by atoms with Crippen LogP contribution >= 0.6 is 0 Å². The molecule has 0 bridgehead atoms. The number of nitrogens with zero attached hydrogens (tertiary/aromatic N) is 2. The molecule has 1 N–H and O–H groups in total. The Kier molecular flexibility index (Phi) is 4.47. The van der Waals surface area contributed by atoms with Gasteiger partial charge in [0, 0.05) is 23.8 Å². The van der Waals surface area contributed by atoms with E-state index >= 15 is 0 Å². The Labute approximate surface area is 126 Å². The second kappa shape index (κ2) is 5.98. The summed E-state index contributed by atoms with van der Waals surface area (Å²) in [6.07, 6.45) is 2.07. The maximum absolute atomic E-state index is 13.1. The Morgan fingerprint density at radius 1 is 1.19 bits per heavy atom. The van der Waals surface area contributed by atoms with Gasteiger partial charge < -0.3 is 5.32 Å². The van der Waals surface area contributed by atoms with Gasteiger partial charge in [-0.15, -0.1) is 0 Å². The van der Waals surface area contributed by atoms with E-state index in [1.807, 2.05) is 24.6 Å². The van der Waals surface area contributed by atoms with Crippen molar-refractivity contribution in [2.75, 3.05) is 0 Å². The van der Waals surface area contributed by atoms with Crippen molar-refractivity contribution in [2.45, 2.75) is 53.2 Å². The number of aryl methyl sites for hydroxylation is 2. The summed E-state index contributed by atoms with van der Waals surface area (Å²) >= 11 is 0. The van der Waals surface area contributed by atoms with E-state index < -0.39 is 0 Å². The molecule has 0 aliphatic rings. The first-order chi connectivity index (χ1) is 9.74. The van der Waals surface area contributed by atoms with Crippen molar-refractivity contribution in [2.24, 2.45) is 0 Å². The molecule has 0 saturated carbocycles. The van der Waals surface area contributed by atoms with Crippen LogP contribution in [0.4, 0.5) is 4.39 Å². The van der Waals surface area contributed by atoms with Crippen LogP contribution in [0.3, 0.4) is 0 Å². The van der Waals surface area contributed by atoms with E-state index in [2.05, 4.69) is 37.4 Å². The zero-order valence-electron chi connectivity index (χ0n) is 13.5. The van der Waals surface area contributed by atoms with Gasteiger partial charge >= 0.3 is 0 Å². The van der Waals surface area contributed by atoms with Crippen LogP contribution in [0.2, 0.25) is 0 Å². The fourth-order valence-electron chi connectivity index (χ4n) is 2.19. The highest BCUT2D eigenvalue weighted by Crippen LogP contribution is 2.14. The smallest absolute Gasteiger partial charge is 0.123 e. The zero-order chi connectivity index (χ0) is 15.6. The third-order valence-electron chi connectivity index (χ3n) is 3.49. The van der Waals surface area contributed by atoms with E-state index in [4.69, 9.17) is 0 Å². The molecule has 1 aromatic carbocycles. The summed E-state index contributed by atoms with van der Waals surface area (Å²) < 4.78 is 15.1. The first-order valence-electron chi connectivity index (χ1n) is 7.27. The first kappa shape index (κ1) is 15.7. The Hall–Kier alpha value is -1.68. The molecule has 0 radical (unpaired) electrons. The third kappa shape index (κ3) is 4.39. The molecule has 0 atom stereocenters. The van der Waals surface area contributed by atoms with Gasteiger partial charge in [-0.3, -0.25) is 4.68 Å². The lowest BCUT2D eigenvalue weighted by Crippen LogP contribution is -2.35. The Balaban J connectivity index is 2.11. The predicted molar refractivity (Wildman–Crippen MR) is 83.8 cm³/mol. The maximum atomic E-state index is 13.1. The van der Waals surface area contributed by atoms with Gasteiger partial charge in [0.15, 0.2) is 0 Å². The van der Waals surface area contributed by atoms with Crippen LogP contribution in [0.5, 0.6) is 0 Å². The molecule has 1 heterocycles. The van der Waals surface area contributed by atoms with Crippen LogP contribution in [0, 0.1) is 19.7 Å². The van der Waals surface area contributed by atoms with Crippen molar-refractivity contribution >= 4 is 0 Å². The van der Waals surface area contributed by atoms with Crippen molar-refractivity contribution < 1.29 is 4.39 Å².